The summed E-state index contributed by atoms with van der Waals surface area (Å²) in [6, 6.07) is 10.3. The molecule has 0 aliphatic heterocycles. The topological polar surface area (TPSA) is 68.3 Å². The fourth-order valence-corrected chi connectivity index (χ4v) is 1.93. The number of hydrogen-bond donors (Lipinski definition) is 1. The van der Waals surface area contributed by atoms with E-state index in [1.807, 2.05) is 0 Å². The van der Waals surface area contributed by atoms with Gasteiger partial charge in [-0.15, -0.1) is 0 Å². The quantitative estimate of drug-likeness (QED) is 0.856. The maximum absolute atomic E-state index is 12.0. The van der Waals surface area contributed by atoms with Crippen molar-refractivity contribution in [2.75, 3.05) is 12.4 Å². The summed E-state index contributed by atoms with van der Waals surface area (Å²) < 4.78 is 5.22. The zero-order chi connectivity index (χ0) is 15.2. The summed E-state index contributed by atoms with van der Waals surface area (Å²) in [4.78, 5) is 27.5. The summed E-state index contributed by atoms with van der Waals surface area (Å²) in [7, 11) is 1.53. The molecule has 2 aromatic rings. The Morgan fingerprint density at radius 2 is 2.05 bits per heavy atom. The number of pyridine rings is 1. The number of aromatic nitrogens is 1. The Morgan fingerprint density at radius 1 is 1.24 bits per heavy atom. The third kappa shape index (κ3) is 3.89. The van der Waals surface area contributed by atoms with Gasteiger partial charge in [-0.3, -0.25) is 9.59 Å². The molecule has 2 rings (SSSR count). The minimum absolute atomic E-state index is 0.0518. The molecule has 0 bridgehead atoms. The molecule has 1 aromatic carbocycles. The summed E-state index contributed by atoms with van der Waals surface area (Å²) in [5.74, 6) is 0.803. The molecule has 0 aliphatic rings. The Balaban J connectivity index is 2.16. The lowest BCUT2D eigenvalue weighted by molar-refractivity contribution is -0.115. The van der Waals surface area contributed by atoms with E-state index in [9.17, 15) is 9.59 Å². The van der Waals surface area contributed by atoms with Crippen LogP contribution < -0.4 is 10.1 Å². The van der Waals surface area contributed by atoms with Gasteiger partial charge in [0.05, 0.1) is 13.5 Å². The van der Waals surface area contributed by atoms with Gasteiger partial charge in [-0.05, 0) is 37.3 Å². The molecular weight excluding hydrogens is 268 g/mol. The van der Waals surface area contributed by atoms with Gasteiger partial charge in [0.15, 0.2) is 5.78 Å². The molecule has 21 heavy (non-hydrogen) atoms. The highest BCUT2D eigenvalue weighted by Crippen LogP contribution is 2.21. The van der Waals surface area contributed by atoms with Gasteiger partial charge in [0.1, 0.15) is 11.6 Å². The second-order valence-electron chi connectivity index (χ2n) is 4.52. The second-order valence-corrected chi connectivity index (χ2v) is 4.52. The summed E-state index contributed by atoms with van der Waals surface area (Å²) in [5, 5.41) is 2.70. The van der Waals surface area contributed by atoms with Crippen LogP contribution in [0.2, 0.25) is 0 Å². The average molecular weight is 284 g/mol. The first-order chi connectivity index (χ1) is 10.1. The number of carbonyl (C=O) groups excluding carboxylic acids is 2. The molecule has 0 spiro atoms. The van der Waals surface area contributed by atoms with E-state index < -0.39 is 0 Å². The molecule has 0 saturated heterocycles. The van der Waals surface area contributed by atoms with Gasteiger partial charge in [0.2, 0.25) is 5.91 Å². The van der Waals surface area contributed by atoms with E-state index in [1.165, 1.54) is 14.0 Å². The van der Waals surface area contributed by atoms with Gasteiger partial charge in [0.25, 0.3) is 0 Å². The van der Waals surface area contributed by atoms with Crippen LogP contribution in [-0.4, -0.2) is 23.8 Å². The maximum atomic E-state index is 12.0. The number of benzene rings is 1. The summed E-state index contributed by atoms with van der Waals surface area (Å²) >= 11 is 0. The van der Waals surface area contributed by atoms with Crippen LogP contribution in [0.25, 0.3) is 0 Å². The zero-order valence-electron chi connectivity index (χ0n) is 11.9. The van der Waals surface area contributed by atoms with Crippen LogP contribution in [0.15, 0.2) is 42.6 Å². The molecule has 1 heterocycles. The normalized spacial score (nSPS) is 10.0. The number of carbonyl (C=O) groups is 2. The van der Waals surface area contributed by atoms with Gasteiger partial charge in [0, 0.05) is 17.3 Å². The maximum Gasteiger partial charge on any atom is 0.230 e. The molecule has 0 radical (unpaired) electrons. The lowest BCUT2D eigenvalue weighted by atomic mass is 10.0. The van der Waals surface area contributed by atoms with Gasteiger partial charge in [-0.25, -0.2) is 4.98 Å². The van der Waals surface area contributed by atoms with Gasteiger partial charge in [-0.2, -0.15) is 0 Å². The number of ether oxygens (including phenoxy) is 1. The van der Waals surface area contributed by atoms with Crippen LogP contribution >= 0.6 is 0 Å². The van der Waals surface area contributed by atoms with E-state index in [0.717, 1.165) is 0 Å². The monoisotopic (exact) mass is 284 g/mol. The Hall–Kier alpha value is -2.69. The van der Waals surface area contributed by atoms with Crippen molar-refractivity contribution in [3.8, 4) is 5.75 Å². The van der Waals surface area contributed by atoms with E-state index in [2.05, 4.69) is 10.3 Å². The Bertz CT molecular complexity index is 654. The largest absolute Gasteiger partial charge is 0.496 e. The number of rotatable bonds is 5. The molecule has 5 nitrogen and oxygen atoms in total. The summed E-state index contributed by atoms with van der Waals surface area (Å²) in [6.45, 7) is 1.49. The SMILES string of the molecule is COc1ccc(C(C)=O)cc1CC(=O)Nc1ccccn1. The second kappa shape index (κ2) is 6.65. The molecule has 0 saturated carbocycles. The molecular formula is C16H16N2O3. The Labute approximate surface area is 123 Å². The highest BCUT2D eigenvalue weighted by molar-refractivity contribution is 5.95. The van der Waals surface area contributed by atoms with E-state index in [1.54, 1.807) is 42.6 Å². The van der Waals surface area contributed by atoms with Gasteiger partial charge < -0.3 is 10.1 Å². The molecule has 0 aliphatic carbocycles. The average Bonchev–Trinajstić information content (AvgIpc) is 2.48. The highest BCUT2D eigenvalue weighted by Gasteiger charge is 2.12. The van der Waals surface area contributed by atoms with Crippen molar-refractivity contribution in [1.82, 2.24) is 4.98 Å². The number of nitrogens with zero attached hydrogens (tertiary/aromatic N) is 1. The van der Waals surface area contributed by atoms with Gasteiger partial charge in [-0.1, -0.05) is 6.07 Å². The Morgan fingerprint density at radius 3 is 2.67 bits per heavy atom. The lowest BCUT2D eigenvalue weighted by Gasteiger charge is -2.10. The van der Waals surface area contributed by atoms with Gasteiger partial charge >= 0.3 is 0 Å². The van der Waals surface area contributed by atoms with Crippen LogP contribution in [-0.2, 0) is 11.2 Å². The number of anilines is 1. The standard InChI is InChI=1S/C16H16N2O3/c1-11(19)12-6-7-14(21-2)13(9-12)10-16(20)18-15-5-3-4-8-17-15/h3-9H,10H2,1-2H3,(H,17,18,20). The van der Waals surface area contributed by atoms with Crippen molar-refractivity contribution in [3.05, 3.63) is 53.7 Å². The summed E-state index contributed by atoms with van der Waals surface area (Å²) in [5.41, 5.74) is 1.22. The smallest absolute Gasteiger partial charge is 0.230 e. The summed E-state index contributed by atoms with van der Waals surface area (Å²) in [6.07, 6.45) is 1.72. The van der Waals surface area contributed by atoms with Crippen molar-refractivity contribution >= 4 is 17.5 Å². The minimum Gasteiger partial charge on any atom is -0.496 e. The van der Waals surface area contributed by atoms with Crippen LogP contribution in [0.5, 0.6) is 5.75 Å². The lowest BCUT2D eigenvalue weighted by Crippen LogP contribution is -2.16. The van der Waals surface area contributed by atoms with Crippen LogP contribution in [0.4, 0.5) is 5.82 Å². The number of nitrogens with one attached hydrogen (secondary N) is 1. The van der Waals surface area contributed by atoms with Crippen molar-refractivity contribution in [2.45, 2.75) is 13.3 Å². The van der Waals surface area contributed by atoms with Crippen LogP contribution in [0, 0.1) is 0 Å². The first-order valence-corrected chi connectivity index (χ1v) is 6.49. The first-order valence-electron chi connectivity index (χ1n) is 6.49. The predicted molar refractivity (Wildman–Crippen MR) is 79.6 cm³/mol. The number of ketones is 1. The van der Waals surface area contributed by atoms with Crippen molar-refractivity contribution in [2.24, 2.45) is 0 Å². The van der Waals surface area contributed by atoms with Crippen LogP contribution in [0.1, 0.15) is 22.8 Å². The molecule has 1 amide bonds. The molecule has 1 N–H and O–H groups in total. The predicted octanol–water partition coefficient (Wildman–Crippen LogP) is 2.47. The number of amides is 1. The van der Waals surface area contributed by atoms with Crippen molar-refractivity contribution < 1.29 is 14.3 Å². The molecule has 5 heteroatoms. The molecule has 0 fully saturated rings. The van der Waals surface area contributed by atoms with Crippen molar-refractivity contribution in [3.63, 3.8) is 0 Å². The highest BCUT2D eigenvalue weighted by atomic mass is 16.5. The third-order valence-electron chi connectivity index (χ3n) is 2.97. The van der Waals surface area contributed by atoms with Crippen molar-refractivity contribution in [1.29, 1.82) is 0 Å². The number of methoxy groups -OCH3 is 1. The van der Waals surface area contributed by atoms with E-state index >= 15 is 0 Å². The fourth-order valence-electron chi connectivity index (χ4n) is 1.93. The van der Waals surface area contributed by atoms with E-state index in [-0.39, 0.29) is 18.1 Å². The van der Waals surface area contributed by atoms with E-state index in [0.29, 0.717) is 22.7 Å². The first kappa shape index (κ1) is 14.7. The molecule has 0 atom stereocenters. The van der Waals surface area contributed by atoms with Crippen LogP contribution in [0.3, 0.4) is 0 Å². The van der Waals surface area contributed by atoms with E-state index in [4.69, 9.17) is 4.74 Å². The molecule has 0 unspecified atom stereocenters. The minimum atomic E-state index is -0.215. The Kier molecular flexibility index (Phi) is 4.66. The third-order valence-corrected chi connectivity index (χ3v) is 2.97. The molecule has 108 valence electrons. The molecule has 1 aromatic heterocycles. The fraction of sp³-hybridized carbons (Fsp3) is 0.188. The number of hydrogen-bond acceptors (Lipinski definition) is 4. The zero-order valence-corrected chi connectivity index (χ0v) is 11.9. The number of Topliss-reactive ketones (excluding diaryl/α,β-unsaturated/α-hetero) is 1.